The maximum Gasteiger partial charge on any atom is 0.225 e. The second-order valence-corrected chi connectivity index (χ2v) is 4.20. The third-order valence-electron chi connectivity index (χ3n) is 2.73. The molecule has 2 rings (SSSR count). The van der Waals surface area contributed by atoms with E-state index in [2.05, 4.69) is 21.8 Å². The lowest BCUT2D eigenvalue weighted by Crippen LogP contribution is -2.50. The summed E-state index contributed by atoms with van der Waals surface area (Å²) in [6, 6.07) is 0.241. The van der Waals surface area contributed by atoms with E-state index >= 15 is 0 Å². The molecule has 2 unspecified atom stereocenters. The smallest absolute Gasteiger partial charge is 0.225 e. The SMILES string of the molecule is Cc1cnc(N2CC(CO)OCC2C)nc1. The van der Waals surface area contributed by atoms with Crippen LogP contribution in [-0.2, 0) is 4.74 Å². The van der Waals surface area contributed by atoms with Crippen LogP contribution in [0.3, 0.4) is 0 Å². The van der Waals surface area contributed by atoms with E-state index in [-0.39, 0.29) is 18.8 Å². The van der Waals surface area contributed by atoms with Gasteiger partial charge in [0.2, 0.25) is 5.95 Å². The predicted molar refractivity (Wildman–Crippen MR) is 60.4 cm³/mol. The molecule has 0 saturated carbocycles. The molecular weight excluding hydrogens is 206 g/mol. The zero-order chi connectivity index (χ0) is 11.5. The normalized spacial score (nSPS) is 25.8. The van der Waals surface area contributed by atoms with Gasteiger partial charge in [-0.2, -0.15) is 0 Å². The topological polar surface area (TPSA) is 58.5 Å². The molecule has 1 aliphatic heterocycles. The number of aliphatic hydroxyl groups is 1. The van der Waals surface area contributed by atoms with Crippen molar-refractivity contribution in [3.8, 4) is 0 Å². The summed E-state index contributed by atoms with van der Waals surface area (Å²) in [6.07, 6.45) is 3.47. The molecule has 0 amide bonds. The molecule has 1 N–H and O–H groups in total. The van der Waals surface area contributed by atoms with E-state index in [1.165, 1.54) is 0 Å². The van der Waals surface area contributed by atoms with E-state index in [0.717, 1.165) is 5.56 Å². The minimum absolute atomic E-state index is 0.0368. The van der Waals surface area contributed by atoms with Gasteiger partial charge >= 0.3 is 0 Å². The van der Waals surface area contributed by atoms with Crippen molar-refractivity contribution >= 4 is 5.95 Å². The fourth-order valence-electron chi connectivity index (χ4n) is 1.74. The van der Waals surface area contributed by atoms with Crippen LogP contribution in [-0.4, -0.2) is 47.0 Å². The van der Waals surface area contributed by atoms with Gasteiger partial charge in [-0.15, -0.1) is 0 Å². The highest BCUT2D eigenvalue weighted by molar-refractivity contribution is 5.32. The Labute approximate surface area is 95.1 Å². The zero-order valence-corrected chi connectivity index (χ0v) is 9.63. The first kappa shape index (κ1) is 11.3. The van der Waals surface area contributed by atoms with E-state index in [1.807, 2.05) is 6.92 Å². The molecule has 2 atom stereocenters. The highest BCUT2D eigenvalue weighted by atomic mass is 16.5. The van der Waals surface area contributed by atoms with E-state index < -0.39 is 0 Å². The lowest BCUT2D eigenvalue weighted by Gasteiger charge is -2.37. The molecular formula is C11H17N3O2. The standard InChI is InChI=1S/C11H17N3O2/c1-8-3-12-11(13-4-8)14-5-10(6-15)16-7-9(14)2/h3-4,9-10,15H,5-7H2,1-2H3. The molecule has 1 aliphatic rings. The Morgan fingerprint density at radius 3 is 2.81 bits per heavy atom. The number of aromatic nitrogens is 2. The second kappa shape index (κ2) is 4.76. The van der Waals surface area contributed by atoms with Crippen molar-refractivity contribution < 1.29 is 9.84 Å². The summed E-state index contributed by atoms with van der Waals surface area (Å²) in [7, 11) is 0. The molecule has 1 fully saturated rings. The molecule has 1 aromatic rings. The lowest BCUT2D eigenvalue weighted by molar-refractivity contribution is -0.0108. The predicted octanol–water partition coefficient (Wildman–Crippen LogP) is 0.371. The van der Waals surface area contributed by atoms with Crippen molar-refractivity contribution in [2.75, 3.05) is 24.7 Å². The van der Waals surface area contributed by atoms with Gasteiger partial charge in [0, 0.05) is 18.9 Å². The van der Waals surface area contributed by atoms with Gasteiger partial charge in [-0.05, 0) is 19.4 Å². The van der Waals surface area contributed by atoms with Gasteiger partial charge in [0.25, 0.3) is 0 Å². The van der Waals surface area contributed by atoms with Gasteiger partial charge in [0.1, 0.15) is 0 Å². The van der Waals surface area contributed by atoms with Crippen molar-refractivity contribution in [2.45, 2.75) is 26.0 Å². The number of nitrogens with zero attached hydrogens (tertiary/aromatic N) is 3. The number of ether oxygens (including phenoxy) is 1. The Morgan fingerprint density at radius 2 is 2.19 bits per heavy atom. The fraction of sp³-hybridized carbons (Fsp3) is 0.636. The number of hydrogen-bond acceptors (Lipinski definition) is 5. The molecule has 0 bridgehead atoms. The minimum atomic E-state index is -0.138. The van der Waals surface area contributed by atoms with Crippen LogP contribution in [0.2, 0.25) is 0 Å². The minimum Gasteiger partial charge on any atom is -0.394 e. The van der Waals surface area contributed by atoms with Crippen molar-refractivity contribution in [2.24, 2.45) is 0 Å². The first-order valence-corrected chi connectivity index (χ1v) is 5.48. The first-order chi connectivity index (χ1) is 7.70. The average molecular weight is 223 g/mol. The molecule has 0 aromatic carbocycles. The largest absolute Gasteiger partial charge is 0.394 e. The molecule has 0 radical (unpaired) electrons. The summed E-state index contributed by atoms with van der Waals surface area (Å²) in [6.45, 7) is 5.30. The third kappa shape index (κ3) is 2.31. The zero-order valence-electron chi connectivity index (χ0n) is 9.63. The Kier molecular flexibility index (Phi) is 3.36. The molecule has 2 heterocycles. The molecule has 0 spiro atoms. The Morgan fingerprint density at radius 1 is 1.50 bits per heavy atom. The maximum absolute atomic E-state index is 9.09. The van der Waals surface area contributed by atoms with Gasteiger partial charge in [-0.1, -0.05) is 0 Å². The van der Waals surface area contributed by atoms with Crippen LogP contribution in [0.15, 0.2) is 12.4 Å². The van der Waals surface area contributed by atoms with Gasteiger partial charge in [0.05, 0.1) is 25.4 Å². The molecule has 88 valence electrons. The number of hydrogen-bond donors (Lipinski definition) is 1. The quantitative estimate of drug-likeness (QED) is 0.785. The average Bonchev–Trinajstić information content (AvgIpc) is 2.31. The maximum atomic E-state index is 9.09. The highest BCUT2D eigenvalue weighted by Crippen LogP contribution is 2.17. The summed E-state index contributed by atoms with van der Waals surface area (Å²) >= 11 is 0. The Hall–Kier alpha value is -1.20. The van der Waals surface area contributed by atoms with Crippen LogP contribution in [0, 0.1) is 6.92 Å². The van der Waals surface area contributed by atoms with Crippen molar-refractivity contribution in [1.29, 1.82) is 0 Å². The van der Waals surface area contributed by atoms with Crippen LogP contribution in [0.1, 0.15) is 12.5 Å². The molecule has 5 heteroatoms. The number of rotatable bonds is 2. The van der Waals surface area contributed by atoms with Crippen LogP contribution in [0.25, 0.3) is 0 Å². The molecule has 16 heavy (non-hydrogen) atoms. The highest BCUT2D eigenvalue weighted by Gasteiger charge is 2.27. The Balaban J connectivity index is 2.14. The first-order valence-electron chi connectivity index (χ1n) is 5.48. The number of morpholine rings is 1. The number of anilines is 1. The van der Waals surface area contributed by atoms with Gasteiger partial charge in [-0.3, -0.25) is 0 Å². The van der Waals surface area contributed by atoms with Crippen LogP contribution in [0.4, 0.5) is 5.95 Å². The molecule has 5 nitrogen and oxygen atoms in total. The summed E-state index contributed by atoms with van der Waals surface area (Å²) in [5, 5.41) is 9.09. The Bertz CT molecular complexity index is 342. The van der Waals surface area contributed by atoms with Crippen molar-refractivity contribution in [3.05, 3.63) is 18.0 Å². The van der Waals surface area contributed by atoms with Crippen molar-refractivity contribution in [1.82, 2.24) is 9.97 Å². The van der Waals surface area contributed by atoms with E-state index in [9.17, 15) is 0 Å². The monoisotopic (exact) mass is 223 g/mol. The summed E-state index contributed by atoms with van der Waals surface area (Å²) in [4.78, 5) is 10.7. The molecule has 1 saturated heterocycles. The van der Waals surface area contributed by atoms with E-state index in [4.69, 9.17) is 9.84 Å². The molecule has 0 aliphatic carbocycles. The van der Waals surface area contributed by atoms with Gasteiger partial charge < -0.3 is 14.7 Å². The van der Waals surface area contributed by atoms with Crippen LogP contribution >= 0.6 is 0 Å². The van der Waals surface area contributed by atoms with Crippen molar-refractivity contribution in [3.63, 3.8) is 0 Å². The van der Waals surface area contributed by atoms with Gasteiger partial charge in [0.15, 0.2) is 0 Å². The fourth-order valence-corrected chi connectivity index (χ4v) is 1.74. The molecule has 1 aromatic heterocycles. The van der Waals surface area contributed by atoms with Crippen LogP contribution < -0.4 is 4.90 Å². The van der Waals surface area contributed by atoms with E-state index in [0.29, 0.717) is 19.1 Å². The summed E-state index contributed by atoms with van der Waals surface area (Å²) in [5.74, 6) is 0.708. The number of aryl methyl sites for hydroxylation is 1. The van der Waals surface area contributed by atoms with Gasteiger partial charge in [-0.25, -0.2) is 9.97 Å². The van der Waals surface area contributed by atoms with E-state index in [1.54, 1.807) is 12.4 Å². The second-order valence-electron chi connectivity index (χ2n) is 4.20. The number of aliphatic hydroxyl groups excluding tert-OH is 1. The lowest BCUT2D eigenvalue weighted by atomic mass is 10.2. The summed E-state index contributed by atoms with van der Waals surface area (Å²) in [5.41, 5.74) is 1.04. The summed E-state index contributed by atoms with van der Waals surface area (Å²) < 4.78 is 5.47. The van der Waals surface area contributed by atoms with Crippen LogP contribution in [0.5, 0.6) is 0 Å². The third-order valence-corrected chi connectivity index (χ3v) is 2.73.